The topological polar surface area (TPSA) is 82.5 Å². The number of para-hydroxylation sites is 3. The van der Waals surface area contributed by atoms with E-state index >= 15 is 0 Å². The van der Waals surface area contributed by atoms with Crippen LogP contribution >= 0.6 is 0 Å². The third-order valence-corrected chi connectivity index (χ3v) is 10.1. The van der Waals surface area contributed by atoms with E-state index in [1.165, 1.54) is 0 Å². The van der Waals surface area contributed by atoms with Gasteiger partial charge in [0.2, 0.25) is 0 Å². The number of hydrogen-bond donors (Lipinski definition) is 0. The number of fused-ring (bicyclic) bond motifs is 8. The molecule has 54 heavy (non-hydrogen) atoms. The summed E-state index contributed by atoms with van der Waals surface area (Å²) in [5.41, 5.74) is 9.05. The van der Waals surface area contributed by atoms with E-state index in [-0.39, 0.29) is 0 Å². The van der Waals surface area contributed by atoms with Gasteiger partial charge in [0.15, 0.2) is 17.5 Å². The van der Waals surface area contributed by atoms with Crippen molar-refractivity contribution in [3.63, 3.8) is 0 Å². The molecule has 7 heteroatoms. The lowest BCUT2D eigenvalue weighted by molar-refractivity contribution is 0.669. The van der Waals surface area contributed by atoms with E-state index in [1.807, 2.05) is 72.8 Å². The van der Waals surface area contributed by atoms with Gasteiger partial charge in [-0.3, -0.25) is 0 Å². The normalized spacial score (nSPS) is 11.7. The van der Waals surface area contributed by atoms with Crippen molar-refractivity contribution in [2.75, 3.05) is 0 Å². The van der Waals surface area contributed by atoms with Crippen LogP contribution in [0.4, 0.5) is 0 Å². The highest BCUT2D eigenvalue weighted by Crippen LogP contribution is 2.37. The third-order valence-electron chi connectivity index (χ3n) is 10.1. The quantitative estimate of drug-likeness (QED) is 0.167. The van der Waals surface area contributed by atoms with Crippen LogP contribution in [0, 0.1) is 0 Å². The second kappa shape index (κ2) is 12.0. The second-order valence-electron chi connectivity index (χ2n) is 13.4. The van der Waals surface area contributed by atoms with E-state index in [1.54, 1.807) is 4.80 Å². The highest BCUT2D eigenvalue weighted by Gasteiger charge is 2.19. The van der Waals surface area contributed by atoms with Crippen molar-refractivity contribution in [3.05, 3.63) is 170 Å². The molecule has 3 aromatic heterocycles. The fourth-order valence-corrected chi connectivity index (χ4v) is 7.46. The lowest BCUT2D eigenvalue weighted by atomic mass is 9.99. The number of hydrogen-bond acceptors (Lipinski definition) is 6. The van der Waals surface area contributed by atoms with Crippen LogP contribution in [0.1, 0.15) is 0 Å². The van der Waals surface area contributed by atoms with Crippen LogP contribution in [0.3, 0.4) is 0 Å². The van der Waals surface area contributed by atoms with Crippen molar-refractivity contribution >= 4 is 54.5 Å². The zero-order valence-corrected chi connectivity index (χ0v) is 28.8. The van der Waals surface area contributed by atoms with Crippen LogP contribution in [-0.4, -0.2) is 29.9 Å². The summed E-state index contributed by atoms with van der Waals surface area (Å²) in [5.74, 6) is 1.70. The van der Waals surface area contributed by atoms with Crippen LogP contribution in [0.25, 0.3) is 105 Å². The van der Waals surface area contributed by atoms with Gasteiger partial charge in [-0.05, 0) is 63.7 Å². The van der Waals surface area contributed by atoms with Gasteiger partial charge in [-0.2, -0.15) is 4.80 Å². The fraction of sp³-hybridized carbons (Fsp3) is 0. The van der Waals surface area contributed by atoms with E-state index in [2.05, 4.69) is 97.1 Å². The predicted octanol–water partition coefficient (Wildman–Crippen LogP) is 11.5. The monoisotopic (exact) mass is 692 g/mol. The minimum absolute atomic E-state index is 0.546. The lowest BCUT2D eigenvalue weighted by Crippen LogP contribution is -2.00. The SMILES string of the molecule is c1ccc(-c2ccc(-c3nc(-c4ccc5c(ccc6ccc7nn(-c8ccccc8)nc7c65)c4)nc(-c4cccc5c4oc4ccccc45)n3)cc2)cc1. The molecule has 7 nitrogen and oxygen atoms in total. The Bertz CT molecular complexity index is 3210. The number of furan rings is 1. The first kappa shape index (κ1) is 30.1. The molecular formula is C47H28N6O. The average Bonchev–Trinajstić information content (AvgIpc) is 3.86. The zero-order chi connectivity index (χ0) is 35.6. The summed E-state index contributed by atoms with van der Waals surface area (Å²) in [7, 11) is 0. The molecule has 0 aliphatic heterocycles. The van der Waals surface area contributed by atoms with Crippen LogP contribution < -0.4 is 0 Å². The summed E-state index contributed by atoms with van der Waals surface area (Å²) in [5, 5.41) is 16.1. The molecule has 0 spiro atoms. The molecule has 0 fully saturated rings. The van der Waals surface area contributed by atoms with Gasteiger partial charge in [0.25, 0.3) is 0 Å². The van der Waals surface area contributed by atoms with Gasteiger partial charge in [0, 0.05) is 27.3 Å². The number of aromatic nitrogens is 6. The van der Waals surface area contributed by atoms with Crippen molar-refractivity contribution in [2.45, 2.75) is 0 Å². The minimum atomic E-state index is 0.546. The molecular weight excluding hydrogens is 665 g/mol. The molecule has 0 saturated carbocycles. The standard InChI is InChI=1S/C47H28N6O/c1-3-10-29(11-4-1)30-18-21-32(22-19-30)45-48-46(50-47(49-45)39-16-9-15-38-37-14-7-8-17-41(37)54-44(38)39)34-24-26-36-33(28-34)23-20-31-25-27-40-43(42(31)36)52-53(51-40)35-12-5-2-6-13-35/h1-28H. The molecule has 252 valence electrons. The van der Waals surface area contributed by atoms with E-state index in [0.29, 0.717) is 17.5 Å². The van der Waals surface area contributed by atoms with Gasteiger partial charge in [0.05, 0.1) is 11.3 Å². The van der Waals surface area contributed by atoms with Crippen molar-refractivity contribution in [1.82, 2.24) is 29.9 Å². The molecule has 0 saturated heterocycles. The fourth-order valence-electron chi connectivity index (χ4n) is 7.46. The average molecular weight is 693 g/mol. The van der Waals surface area contributed by atoms with Crippen molar-refractivity contribution < 1.29 is 4.42 Å². The first-order valence-electron chi connectivity index (χ1n) is 17.8. The molecule has 0 aliphatic rings. The molecule has 8 aromatic carbocycles. The molecule has 0 unspecified atom stereocenters. The molecule has 0 radical (unpaired) electrons. The summed E-state index contributed by atoms with van der Waals surface area (Å²) in [4.78, 5) is 17.0. The molecule has 11 aromatic rings. The van der Waals surface area contributed by atoms with Crippen LogP contribution in [0.5, 0.6) is 0 Å². The molecule has 0 atom stereocenters. The number of benzene rings is 8. The van der Waals surface area contributed by atoms with Crippen molar-refractivity contribution in [1.29, 1.82) is 0 Å². The first-order chi connectivity index (χ1) is 26.7. The summed E-state index contributed by atoms with van der Waals surface area (Å²) in [6.45, 7) is 0. The van der Waals surface area contributed by atoms with Gasteiger partial charge >= 0.3 is 0 Å². The maximum atomic E-state index is 6.44. The molecule has 11 rings (SSSR count). The molecule has 0 amide bonds. The number of nitrogens with zero attached hydrogens (tertiary/aromatic N) is 6. The van der Waals surface area contributed by atoms with E-state index < -0.39 is 0 Å². The third kappa shape index (κ3) is 4.94. The summed E-state index contributed by atoms with van der Waals surface area (Å²) in [6.07, 6.45) is 0. The Balaban J connectivity index is 1.09. The summed E-state index contributed by atoms with van der Waals surface area (Å²) in [6, 6.07) is 57.8. The Hall–Kier alpha value is -7.51. The van der Waals surface area contributed by atoms with Gasteiger partial charge in [-0.25, -0.2) is 15.0 Å². The second-order valence-corrected chi connectivity index (χ2v) is 13.4. The van der Waals surface area contributed by atoms with Gasteiger partial charge in [-0.1, -0.05) is 133 Å². The van der Waals surface area contributed by atoms with Crippen molar-refractivity contribution in [3.8, 4) is 51.0 Å². The van der Waals surface area contributed by atoms with Crippen molar-refractivity contribution in [2.24, 2.45) is 0 Å². The largest absolute Gasteiger partial charge is 0.455 e. The Morgan fingerprint density at radius 3 is 1.93 bits per heavy atom. The van der Waals surface area contributed by atoms with Crippen LogP contribution in [0.2, 0.25) is 0 Å². The van der Waals surface area contributed by atoms with E-state index in [9.17, 15) is 0 Å². The summed E-state index contributed by atoms with van der Waals surface area (Å²) < 4.78 is 6.44. The highest BCUT2D eigenvalue weighted by atomic mass is 16.3. The Labute approximate surface area is 308 Å². The minimum Gasteiger partial charge on any atom is -0.455 e. The molecule has 0 bridgehead atoms. The Morgan fingerprint density at radius 2 is 1.07 bits per heavy atom. The highest BCUT2D eigenvalue weighted by molar-refractivity contribution is 6.18. The summed E-state index contributed by atoms with van der Waals surface area (Å²) >= 11 is 0. The smallest absolute Gasteiger partial charge is 0.167 e. The number of rotatable bonds is 5. The van der Waals surface area contributed by atoms with Crippen LogP contribution in [-0.2, 0) is 0 Å². The first-order valence-corrected chi connectivity index (χ1v) is 17.8. The predicted molar refractivity (Wildman–Crippen MR) is 216 cm³/mol. The van der Waals surface area contributed by atoms with Crippen LogP contribution in [0.15, 0.2) is 174 Å². The van der Waals surface area contributed by atoms with E-state index in [4.69, 9.17) is 29.6 Å². The van der Waals surface area contributed by atoms with Gasteiger partial charge in [0.1, 0.15) is 22.2 Å². The van der Waals surface area contributed by atoms with Gasteiger partial charge in [-0.15, -0.1) is 10.2 Å². The molecule has 3 heterocycles. The maximum absolute atomic E-state index is 6.44. The van der Waals surface area contributed by atoms with E-state index in [0.717, 1.165) is 88.0 Å². The molecule has 0 N–H and O–H groups in total. The lowest BCUT2D eigenvalue weighted by Gasteiger charge is -2.11. The van der Waals surface area contributed by atoms with Gasteiger partial charge < -0.3 is 4.42 Å². The Kier molecular flexibility index (Phi) is 6.72. The molecule has 0 aliphatic carbocycles. The maximum Gasteiger partial charge on any atom is 0.167 e. The Morgan fingerprint density at radius 1 is 0.426 bits per heavy atom. The zero-order valence-electron chi connectivity index (χ0n) is 28.8.